The highest BCUT2D eigenvalue weighted by atomic mass is 16.6. The second-order valence-electron chi connectivity index (χ2n) is 6.81. The quantitative estimate of drug-likeness (QED) is 0.200. The zero-order valence-corrected chi connectivity index (χ0v) is 17.9. The predicted octanol–water partition coefficient (Wildman–Crippen LogP) is 2.64. The predicted molar refractivity (Wildman–Crippen MR) is 115 cm³/mol. The fourth-order valence-electron chi connectivity index (χ4n) is 2.95. The summed E-state index contributed by atoms with van der Waals surface area (Å²) in [6.07, 6.45) is 1.46. The zero-order chi connectivity index (χ0) is 24.0. The van der Waals surface area contributed by atoms with Crippen LogP contribution in [0.1, 0.15) is 18.1 Å². The number of benzene rings is 2. The molecule has 0 saturated carbocycles. The van der Waals surface area contributed by atoms with Crippen molar-refractivity contribution in [2.45, 2.75) is 13.5 Å². The minimum Gasteiger partial charge on any atom is -0.490 e. The van der Waals surface area contributed by atoms with E-state index in [1.165, 1.54) is 18.2 Å². The maximum absolute atomic E-state index is 12.4. The molecule has 0 aliphatic carbocycles. The summed E-state index contributed by atoms with van der Waals surface area (Å²) in [6.45, 7) is 1.83. The first-order valence-electron chi connectivity index (χ1n) is 9.86. The molecule has 172 valence electrons. The number of urea groups is 1. The Morgan fingerprint density at radius 2 is 1.85 bits per heavy atom. The lowest BCUT2D eigenvalue weighted by molar-refractivity contribution is -0.384. The Balaban J connectivity index is 1.75. The Morgan fingerprint density at radius 1 is 1.12 bits per heavy atom. The van der Waals surface area contributed by atoms with Gasteiger partial charge in [-0.3, -0.25) is 19.7 Å². The topological polar surface area (TPSA) is 137 Å². The molecule has 11 heteroatoms. The van der Waals surface area contributed by atoms with Crippen LogP contribution in [-0.2, 0) is 20.9 Å². The van der Waals surface area contributed by atoms with Crippen molar-refractivity contribution < 1.29 is 33.5 Å². The van der Waals surface area contributed by atoms with Gasteiger partial charge in [0.2, 0.25) is 0 Å². The number of nitro groups is 1. The lowest BCUT2D eigenvalue weighted by atomic mass is 10.1. The SMILES string of the molecule is CCOc1cc(/C=C2/NC(=O)N(CC(=O)OC)C2=O)ccc1OCc1ccc([N+](=O)[O-])cc1. The van der Waals surface area contributed by atoms with Gasteiger partial charge in [0.05, 0.1) is 18.6 Å². The number of nitrogens with zero attached hydrogens (tertiary/aromatic N) is 2. The first-order chi connectivity index (χ1) is 15.8. The molecule has 2 aromatic carbocycles. The van der Waals surface area contributed by atoms with Crippen LogP contribution < -0.4 is 14.8 Å². The molecule has 3 amide bonds. The molecule has 1 N–H and O–H groups in total. The molecule has 0 bridgehead atoms. The monoisotopic (exact) mass is 455 g/mol. The van der Waals surface area contributed by atoms with Crippen LogP contribution in [0.15, 0.2) is 48.2 Å². The van der Waals surface area contributed by atoms with Crippen LogP contribution in [0.3, 0.4) is 0 Å². The standard InChI is InChI=1S/C22H21N3O8/c1-3-32-19-11-15(10-17-21(27)24(22(28)23-17)12-20(26)31-2)6-9-18(19)33-13-14-4-7-16(8-5-14)25(29)30/h4-11H,3,12-13H2,1-2H3,(H,23,28)/b17-10+. The lowest BCUT2D eigenvalue weighted by Crippen LogP contribution is -2.36. The minimum atomic E-state index is -0.718. The number of nitro benzene ring substituents is 1. The summed E-state index contributed by atoms with van der Waals surface area (Å²) in [6, 6.07) is 10.2. The average Bonchev–Trinajstić information content (AvgIpc) is 3.06. The maximum Gasteiger partial charge on any atom is 0.329 e. The summed E-state index contributed by atoms with van der Waals surface area (Å²) in [7, 11) is 1.16. The molecule has 1 heterocycles. The Hall–Kier alpha value is -4.41. The van der Waals surface area contributed by atoms with E-state index in [0.29, 0.717) is 23.7 Å². The Bertz CT molecular complexity index is 1110. The molecule has 33 heavy (non-hydrogen) atoms. The van der Waals surface area contributed by atoms with Gasteiger partial charge in [0, 0.05) is 12.1 Å². The zero-order valence-electron chi connectivity index (χ0n) is 17.9. The number of non-ortho nitro benzene ring substituents is 1. The Labute approximate surface area is 188 Å². The molecular weight excluding hydrogens is 434 g/mol. The van der Waals surface area contributed by atoms with Gasteiger partial charge < -0.3 is 19.5 Å². The molecule has 1 aliphatic heterocycles. The first-order valence-corrected chi connectivity index (χ1v) is 9.86. The van der Waals surface area contributed by atoms with E-state index in [-0.39, 0.29) is 18.0 Å². The summed E-state index contributed by atoms with van der Waals surface area (Å²) in [5.74, 6) is -0.516. The van der Waals surface area contributed by atoms with Gasteiger partial charge in [-0.05, 0) is 48.4 Å². The van der Waals surface area contributed by atoms with Gasteiger partial charge in [-0.1, -0.05) is 6.07 Å². The molecule has 2 aromatic rings. The van der Waals surface area contributed by atoms with Crippen molar-refractivity contribution >= 4 is 29.7 Å². The second kappa shape index (κ2) is 10.3. The highest BCUT2D eigenvalue weighted by Gasteiger charge is 2.35. The van der Waals surface area contributed by atoms with Crippen molar-refractivity contribution in [1.29, 1.82) is 0 Å². The fourth-order valence-corrected chi connectivity index (χ4v) is 2.95. The Kier molecular flexibility index (Phi) is 7.24. The molecule has 3 rings (SSSR count). The third-order valence-electron chi connectivity index (χ3n) is 4.60. The smallest absolute Gasteiger partial charge is 0.329 e. The second-order valence-corrected chi connectivity index (χ2v) is 6.81. The van der Waals surface area contributed by atoms with E-state index >= 15 is 0 Å². The number of methoxy groups -OCH3 is 1. The minimum absolute atomic E-state index is 0.00546. The molecule has 11 nitrogen and oxygen atoms in total. The van der Waals surface area contributed by atoms with Crippen LogP contribution in [-0.4, -0.2) is 48.0 Å². The van der Waals surface area contributed by atoms with Gasteiger partial charge in [0.25, 0.3) is 11.6 Å². The molecule has 0 atom stereocenters. The van der Waals surface area contributed by atoms with Crippen LogP contribution >= 0.6 is 0 Å². The van der Waals surface area contributed by atoms with Gasteiger partial charge in [0.15, 0.2) is 11.5 Å². The summed E-state index contributed by atoms with van der Waals surface area (Å²) in [4.78, 5) is 46.9. The van der Waals surface area contributed by atoms with Crippen molar-refractivity contribution in [2.75, 3.05) is 20.3 Å². The number of carbonyl (C=O) groups excluding carboxylic acids is 3. The van der Waals surface area contributed by atoms with E-state index in [1.807, 2.05) is 0 Å². The van der Waals surface area contributed by atoms with Crippen molar-refractivity contribution in [2.24, 2.45) is 0 Å². The average molecular weight is 455 g/mol. The van der Waals surface area contributed by atoms with E-state index in [1.54, 1.807) is 37.3 Å². The number of esters is 1. The van der Waals surface area contributed by atoms with Crippen LogP contribution in [0.5, 0.6) is 11.5 Å². The summed E-state index contributed by atoms with van der Waals surface area (Å²) >= 11 is 0. The molecular formula is C22H21N3O8. The van der Waals surface area contributed by atoms with E-state index in [2.05, 4.69) is 10.1 Å². The van der Waals surface area contributed by atoms with Gasteiger partial charge >= 0.3 is 12.0 Å². The normalized spacial score (nSPS) is 14.2. The molecule has 0 spiro atoms. The van der Waals surface area contributed by atoms with Gasteiger partial charge in [-0.2, -0.15) is 0 Å². The summed E-state index contributed by atoms with van der Waals surface area (Å²) in [5.41, 5.74) is 1.29. The van der Waals surface area contributed by atoms with Crippen molar-refractivity contribution in [3.63, 3.8) is 0 Å². The van der Waals surface area contributed by atoms with Crippen molar-refractivity contribution in [3.05, 3.63) is 69.4 Å². The van der Waals surface area contributed by atoms with E-state index in [9.17, 15) is 24.5 Å². The number of nitrogens with one attached hydrogen (secondary N) is 1. The summed E-state index contributed by atoms with van der Waals surface area (Å²) in [5, 5.41) is 13.2. The molecule has 0 radical (unpaired) electrons. The molecule has 0 aromatic heterocycles. The number of ether oxygens (including phenoxy) is 3. The number of amides is 3. The van der Waals surface area contributed by atoms with Crippen molar-refractivity contribution in [1.82, 2.24) is 10.2 Å². The highest BCUT2D eigenvalue weighted by molar-refractivity contribution is 6.15. The Morgan fingerprint density at radius 3 is 2.48 bits per heavy atom. The fraction of sp³-hybridized carbons (Fsp3) is 0.227. The molecule has 1 saturated heterocycles. The maximum atomic E-state index is 12.4. The molecule has 1 fully saturated rings. The summed E-state index contributed by atoms with van der Waals surface area (Å²) < 4.78 is 15.9. The molecule has 0 unspecified atom stereocenters. The van der Waals surface area contributed by atoms with Crippen LogP contribution in [0.25, 0.3) is 6.08 Å². The van der Waals surface area contributed by atoms with Crippen LogP contribution in [0.4, 0.5) is 10.5 Å². The van der Waals surface area contributed by atoms with Crippen LogP contribution in [0, 0.1) is 10.1 Å². The van der Waals surface area contributed by atoms with E-state index < -0.39 is 29.4 Å². The first kappa shape index (κ1) is 23.3. The van der Waals surface area contributed by atoms with Crippen LogP contribution in [0.2, 0.25) is 0 Å². The van der Waals surface area contributed by atoms with E-state index in [4.69, 9.17) is 9.47 Å². The number of hydrogen-bond acceptors (Lipinski definition) is 8. The molecule has 1 aliphatic rings. The van der Waals surface area contributed by atoms with Gasteiger partial charge in [-0.25, -0.2) is 9.69 Å². The number of hydrogen-bond donors (Lipinski definition) is 1. The van der Waals surface area contributed by atoms with E-state index in [0.717, 1.165) is 17.6 Å². The highest BCUT2D eigenvalue weighted by Crippen LogP contribution is 2.30. The number of imide groups is 1. The lowest BCUT2D eigenvalue weighted by Gasteiger charge is -2.13. The van der Waals surface area contributed by atoms with Gasteiger partial charge in [0.1, 0.15) is 18.8 Å². The number of carbonyl (C=O) groups is 3. The number of rotatable bonds is 9. The van der Waals surface area contributed by atoms with Gasteiger partial charge in [-0.15, -0.1) is 0 Å². The third kappa shape index (κ3) is 5.64. The van der Waals surface area contributed by atoms with Crippen molar-refractivity contribution in [3.8, 4) is 11.5 Å². The third-order valence-corrected chi connectivity index (χ3v) is 4.60. The largest absolute Gasteiger partial charge is 0.490 e.